The Labute approximate surface area is 156 Å². The topological polar surface area (TPSA) is 61.9 Å². The van der Waals surface area contributed by atoms with Gasteiger partial charge in [0.1, 0.15) is 0 Å². The highest BCUT2D eigenvalue weighted by molar-refractivity contribution is 14.0. The molecule has 0 spiro atoms. The van der Waals surface area contributed by atoms with E-state index in [2.05, 4.69) is 4.99 Å². The van der Waals surface area contributed by atoms with Gasteiger partial charge in [-0.2, -0.15) is 0 Å². The molecule has 2 rings (SSSR count). The molecular formula is C17H27IN4O. The molecule has 0 radical (unpaired) electrons. The lowest BCUT2D eigenvalue weighted by Gasteiger charge is -2.18. The van der Waals surface area contributed by atoms with Gasteiger partial charge in [0, 0.05) is 31.7 Å². The van der Waals surface area contributed by atoms with Gasteiger partial charge in [-0.05, 0) is 44.4 Å². The number of hydrogen-bond acceptors (Lipinski definition) is 2. The fourth-order valence-corrected chi connectivity index (χ4v) is 2.38. The molecule has 0 saturated heterocycles. The van der Waals surface area contributed by atoms with Crippen LogP contribution in [0.25, 0.3) is 0 Å². The van der Waals surface area contributed by atoms with Crippen LogP contribution >= 0.6 is 24.0 Å². The van der Waals surface area contributed by atoms with Crippen molar-refractivity contribution in [1.29, 1.82) is 0 Å². The van der Waals surface area contributed by atoms with Gasteiger partial charge >= 0.3 is 0 Å². The number of carbonyl (C=O) groups excluding carboxylic acids is 1. The second-order valence-electron chi connectivity index (χ2n) is 5.69. The number of nitrogens with two attached hydrogens (primary N) is 1. The maximum atomic E-state index is 12.2. The van der Waals surface area contributed by atoms with E-state index in [-0.39, 0.29) is 29.9 Å². The predicted octanol–water partition coefficient (Wildman–Crippen LogP) is 2.70. The monoisotopic (exact) mass is 430 g/mol. The van der Waals surface area contributed by atoms with Gasteiger partial charge in [-0.1, -0.05) is 12.1 Å². The summed E-state index contributed by atoms with van der Waals surface area (Å²) >= 11 is 0. The van der Waals surface area contributed by atoms with E-state index in [0.717, 1.165) is 24.2 Å². The van der Waals surface area contributed by atoms with E-state index >= 15 is 0 Å². The summed E-state index contributed by atoms with van der Waals surface area (Å²) in [6, 6.07) is 8.20. The average Bonchev–Trinajstić information content (AvgIpc) is 3.38. The number of benzene rings is 1. The smallest absolute Gasteiger partial charge is 0.253 e. The first kappa shape index (κ1) is 19.7. The van der Waals surface area contributed by atoms with E-state index in [4.69, 9.17) is 5.73 Å². The number of halogens is 1. The fourth-order valence-electron chi connectivity index (χ4n) is 2.38. The van der Waals surface area contributed by atoms with E-state index in [1.54, 1.807) is 0 Å². The van der Waals surface area contributed by atoms with Gasteiger partial charge in [-0.25, -0.2) is 4.99 Å². The highest BCUT2D eigenvalue weighted by Gasteiger charge is 2.27. The minimum atomic E-state index is 0. The van der Waals surface area contributed by atoms with E-state index in [1.807, 2.05) is 55.0 Å². The van der Waals surface area contributed by atoms with Crippen molar-refractivity contribution >= 4 is 35.8 Å². The Kier molecular flexibility index (Phi) is 7.81. The van der Waals surface area contributed by atoms with Gasteiger partial charge in [0.05, 0.1) is 6.54 Å². The Hall–Kier alpha value is -1.31. The van der Waals surface area contributed by atoms with E-state index in [0.29, 0.717) is 18.5 Å². The van der Waals surface area contributed by atoms with Gasteiger partial charge in [-0.15, -0.1) is 24.0 Å². The molecule has 1 aliphatic carbocycles. The van der Waals surface area contributed by atoms with E-state index < -0.39 is 0 Å². The van der Waals surface area contributed by atoms with Crippen LogP contribution in [0.4, 0.5) is 0 Å². The summed E-state index contributed by atoms with van der Waals surface area (Å²) in [4.78, 5) is 20.5. The number of rotatable bonds is 6. The van der Waals surface area contributed by atoms with Crippen molar-refractivity contribution in [3.63, 3.8) is 0 Å². The maximum absolute atomic E-state index is 12.2. The molecule has 128 valence electrons. The molecule has 1 aromatic carbocycles. The molecule has 23 heavy (non-hydrogen) atoms. The predicted molar refractivity (Wildman–Crippen MR) is 105 cm³/mol. The van der Waals surface area contributed by atoms with Crippen LogP contribution in [0, 0.1) is 0 Å². The molecule has 1 saturated carbocycles. The van der Waals surface area contributed by atoms with Crippen molar-refractivity contribution < 1.29 is 4.79 Å². The molecule has 0 unspecified atom stereocenters. The quantitative estimate of drug-likeness (QED) is 0.429. The fraction of sp³-hybridized carbons (Fsp3) is 0.529. The standard InChI is InChI=1S/C17H26N4O.HI/c1-4-21(5-2)16(22)14-8-6-13(7-9-14)12-19-17(18)20(3)15-10-11-15;/h6-9,15H,4-5,10-12H2,1-3H3,(H2,18,19);1H. The van der Waals surface area contributed by atoms with Crippen molar-refractivity contribution in [1.82, 2.24) is 9.80 Å². The molecule has 0 aliphatic heterocycles. The second-order valence-corrected chi connectivity index (χ2v) is 5.69. The largest absolute Gasteiger partial charge is 0.370 e. The minimum Gasteiger partial charge on any atom is -0.370 e. The van der Waals surface area contributed by atoms with Gasteiger partial charge in [0.25, 0.3) is 5.91 Å². The Bertz CT molecular complexity index is 536. The average molecular weight is 430 g/mol. The molecule has 2 N–H and O–H groups in total. The molecular weight excluding hydrogens is 403 g/mol. The lowest BCUT2D eigenvalue weighted by atomic mass is 10.1. The third-order valence-corrected chi connectivity index (χ3v) is 4.13. The van der Waals surface area contributed by atoms with Gasteiger partial charge < -0.3 is 15.5 Å². The van der Waals surface area contributed by atoms with Crippen LogP contribution < -0.4 is 5.73 Å². The number of aliphatic imine (C=N–C) groups is 1. The molecule has 1 fully saturated rings. The molecule has 0 bridgehead atoms. The zero-order valence-corrected chi connectivity index (χ0v) is 16.5. The van der Waals surface area contributed by atoms with Crippen LogP contribution in [0.1, 0.15) is 42.6 Å². The molecule has 1 amide bonds. The third kappa shape index (κ3) is 5.37. The second kappa shape index (κ2) is 9.10. The molecule has 5 nitrogen and oxygen atoms in total. The molecule has 6 heteroatoms. The summed E-state index contributed by atoms with van der Waals surface area (Å²) < 4.78 is 0. The third-order valence-electron chi connectivity index (χ3n) is 4.13. The van der Waals surface area contributed by atoms with Gasteiger partial charge in [0.2, 0.25) is 0 Å². The molecule has 1 aliphatic rings. The first-order chi connectivity index (χ1) is 10.6. The first-order valence-corrected chi connectivity index (χ1v) is 7.97. The Morgan fingerprint density at radius 2 is 1.78 bits per heavy atom. The SMILES string of the molecule is CCN(CC)C(=O)c1ccc(CN=C(N)N(C)C2CC2)cc1.I. The van der Waals surface area contributed by atoms with E-state index in [9.17, 15) is 4.79 Å². The van der Waals surface area contributed by atoms with Crippen molar-refractivity contribution in [2.45, 2.75) is 39.3 Å². The zero-order valence-electron chi connectivity index (χ0n) is 14.2. The summed E-state index contributed by atoms with van der Waals surface area (Å²) in [6.45, 7) is 5.98. The van der Waals surface area contributed by atoms with Crippen molar-refractivity contribution in [2.24, 2.45) is 10.7 Å². The molecule has 0 atom stereocenters. The van der Waals surface area contributed by atoms with Crippen molar-refractivity contribution in [3.8, 4) is 0 Å². The van der Waals surface area contributed by atoms with Crippen LogP contribution in [0.5, 0.6) is 0 Å². The summed E-state index contributed by atoms with van der Waals surface area (Å²) in [6.07, 6.45) is 2.41. The van der Waals surface area contributed by atoms with Crippen LogP contribution in [-0.4, -0.2) is 47.8 Å². The van der Waals surface area contributed by atoms with Crippen LogP contribution in [0.3, 0.4) is 0 Å². The number of carbonyl (C=O) groups is 1. The lowest BCUT2D eigenvalue weighted by Crippen LogP contribution is -2.35. The first-order valence-electron chi connectivity index (χ1n) is 7.97. The van der Waals surface area contributed by atoms with E-state index in [1.165, 1.54) is 12.8 Å². The van der Waals surface area contributed by atoms with Crippen molar-refractivity contribution in [3.05, 3.63) is 35.4 Å². The van der Waals surface area contributed by atoms with Gasteiger partial charge in [-0.3, -0.25) is 4.79 Å². The highest BCUT2D eigenvalue weighted by atomic mass is 127. The lowest BCUT2D eigenvalue weighted by molar-refractivity contribution is 0.0773. The highest BCUT2D eigenvalue weighted by Crippen LogP contribution is 2.24. The summed E-state index contributed by atoms with van der Waals surface area (Å²) in [5.74, 6) is 0.666. The maximum Gasteiger partial charge on any atom is 0.253 e. The zero-order chi connectivity index (χ0) is 16.1. The molecule has 0 aromatic heterocycles. The van der Waals surface area contributed by atoms with Gasteiger partial charge in [0.15, 0.2) is 5.96 Å². The summed E-state index contributed by atoms with van der Waals surface area (Å²) in [7, 11) is 1.99. The normalized spacial score (nSPS) is 14.1. The minimum absolute atomic E-state index is 0. The summed E-state index contributed by atoms with van der Waals surface area (Å²) in [5.41, 5.74) is 7.76. The Balaban J connectivity index is 0.00000264. The number of guanidine groups is 1. The Morgan fingerprint density at radius 3 is 2.26 bits per heavy atom. The number of hydrogen-bond donors (Lipinski definition) is 1. The van der Waals surface area contributed by atoms with Crippen molar-refractivity contribution in [2.75, 3.05) is 20.1 Å². The molecule has 1 aromatic rings. The number of nitrogens with zero attached hydrogens (tertiary/aromatic N) is 3. The number of amides is 1. The summed E-state index contributed by atoms with van der Waals surface area (Å²) in [5, 5.41) is 0. The van der Waals surface area contributed by atoms with Crippen LogP contribution in [0.15, 0.2) is 29.3 Å². The Morgan fingerprint density at radius 1 is 1.22 bits per heavy atom. The van der Waals surface area contributed by atoms with Crippen LogP contribution in [-0.2, 0) is 6.54 Å². The van der Waals surface area contributed by atoms with Crippen LogP contribution in [0.2, 0.25) is 0 Å². The molecule has 0 heterocycles.